The summed E-state index contributed by atoms with van der Waals surface area (Å²) >= 11 is 0. The lowest BCUT2D eigenvalue weighted by Crippen LogP contribution is -2.26. The van der Waals surface area contributed by atoms with Crippen molar-refractivity contribution in [3.8, 4) is 0 Å². The van der Waals surface area contributed by atoms with Gasteiger partial charge in [0.25, 0.3) is 5.91 Å². The molecule has 0 saturated carbocycles. The Kier molecular flexibility index (Phi) is 4.38. The quantitative estimate of drug-likeness (QED) is 0.933. The number of benzene rings is 1. The Bertz CT molecular complexity index is 743. The number of ether oxygens (including phenoxy) is 1. The number of nitrogens with zero attached hydrogens (tertiary/aromatic N) is 2. The second-order valence-electron chi connectivity index (χ2n) is 5.43. The number of aromatic nitrogens is 2. The molecule has 3 rings (SSSR count). The molecule has 0 saturated heterocycles. The van der Waals surface area contributed by atoms with E-state index >= 15 is 0 Å². The molecule has 122 valence electrons. The Balaban J connectivity index is 1.61. The summed E-state index contributed by atoms with van der Waals surface area (Å²) in [5.74, 6) is -2.44. The molecule has 0 atom stereocenters. The summed E-state index contributed by atoms with van der Waals surface area (Å²) in [6.45, 7) is 1.59. The van der Waals surface area contributed by atoms with Crippen LogP contribution in [0.2, 0.25) is 0 Å². The van der Waals surface area contributed by atoms with Crippen molar-refractivity contribution in [2.45, 2.75) is 19.4 Å². The largest absolute Gasteiger partial charge is 0.376 e. The maximum atomic E-state index is 13.1. The van der Waals surface area contributed by atoms with Crippen molar-refractivity contribution in [2.75, 3.05) is 13.2 Å². The van der Waals surface area contributed by atoms with Crippen LogP contribution >= 0.6 is 0 Å². The summed E-state index contributed by atoms with van der Waals surface area (Å²) < 4.78 is 33.3. The number of hydrogen-bond acceptors (Lipinski definition) is 3. The van der Waals surface area contributed by atoms with Gasteiger partial charge in [0.05, 0.1) is 18.9 Å². The molecular weight excluding hydrogens is 304 g/mol. The van der Waals surface area contributed by atoms with Gasteiger partial charge in [0.2, 0.25) is 0 Å². The van der Waals surface area contributed by atoms with Crippen molar-refractivity contribution >= 4 is 5.91 Å². The van der Waals surface area contributed by atoms with Crippen LogP contribution in [0.3, 0.4) is 0 Å². The summed E-state index contributed by atoms with van der Waals surface area (Å²) in [4.78, 5) is 11.9. The molecule has 0 unspecified atom stereocenters. The summed E-state index contributed by atoms with van der Waals surface area (Å²) in [6.07, 6.45) is 1.39. The molecule has 7 heteroatoms. The lowest BCUT2D eigenvalue weighted by atomic mass is 10.1. The molecule has 1 amide bonds. The van der Waals surface area contributed by atoms with Crippen LogP contribution in [0.25, 0.3) is 0 Å². The standard InChI is InChI=1S/C16H17F2N3O2/c1-21-15-5-7-23-9-11(15)14(20-21)4-6-19-16(22)10-2-3-12(17)13(18)8-10/h2-3,8H,4-7,9H2,1H3,(H,19,22). The average Bonchev–Trinajstić information content (AvgIpc) is 2.87. The first-order valence-electron chi connectivity index (χ1n) is 7.41. The number of carbonyl (C=O) groups is 1. The zero-order valence-corrected chi connectivity index (χ0v) is 12.7. The highest BCUT2D eigenvalue weighted by atomic mass is 19.2. The van der Waals surface area contributed by atoms with Gasteiger partial charge in [-0.15, -0.1) is 0 Å². The van der Waals surface area contributed by atoms with Crippen LogP contribution in [0.5, 0.6) is 0 Å². The zero-order valence-electron chi connectivity index (χ0n) is 12.7. The molecule has 2 aromatic rings. The molecule has 5 nitrogen and oxygen atoms in total. The van der Waals surface area contributed by atoms with Gasteiger partial charge in [-0.25, -0.2) is 8.78 Å². The van der Waals surface area contributed by atoms with Crippen molar-refractivity contribution in [1.82, 2.24) is 15.1 Å². The van der Waals surface area contributed by atoms with Crippen LogP contribution in [-0.4, -0.2) is 28.8 Å². The first-order valence-corrected chi connectivity index (χ1v) is 7.41. The van der Waals surface area contributed by atoms with E-state index in [-0.39, 0.29) is 5.56 Å². The molecule has 0 aliphatic carbocycles. The SMILES string of the molecule is Cn1nc(CCNC(=O)c2ccc(F)c(F)c2)c2c1CCOC2. The van der Waals surface area contributed by atoms with Crippen molar-refractivity contribution < 1.29 is 18.3 Å². The smallest absolute Gasteiger partial charge is 0.251 e. The Hall–Kier alpha value is -2.28. The number of amides is 1. The van der Waals surface area contributed by atoms with E-state index in [4.69, 9.17) is 4.74 Å². The predicted molar refractivity (Wildman–Crippen MR) is 79.0 cm³/mol. The summed E-state index contributed by atoms with van der Waals surface area (Å²) in [5, 5.41) is 7.16. The number of fused-ring (bicyclic) bond motifs is 1. The van der Waals surface area contributed by atoms with Crippen molar-refractivity contribution in [2.24, 2.45) is 7.05 Å². The fourth-order valence-corrected chi connectivity index (χ4v) is 2.72. The van der Waals surface area contributed by atoms with Gasteiger partial charge in [-0.1, -0.05) is 0 Å². The lowest BCUT2D eigenvalue weighted by molar-refractivity contribution is 0.0953. The molecule has 1 aliphatic heterocycles. The van der Waals surface area contributed by atoms with Crippen LogP contribution in [0.1, 0.15) is 27.3 Å². The first kappa shape index (κ1) is 15.6. The molecule has 1 aliphatic rings. The van der Waals surface area contributed by atoms with Gasteiger partial charge in [-0.05, 0) is 18.2 Å². The number of nitrogens with one attached hydrogen (secondary N) is 1. The Morgan fingerprint density at radius 3 is 3.00 bits per heavy atom. The van der Waals surface area contributed by atoms with E-state index in [1.54, 1.807) is 0 Å². The lowest BCUT2D eigenvalue weighted by Gasteiger charge is -2.13. The highest BCUT2D eigenvalue weighted by Crippen LogP contribution is 2.20. The van der Waals surface area contributed by atoms with Gasteiger partial charge in [0, 0.05) is 43.3 Å². The third-order valence-corrected chi connectivity index (χ3v) is 3.92. The monoisotopic (exact) mass is 321 g/mol. The van der Waals surface area contributed by atoms with Gasteiger partial charge < -0.3 is 10.1 Å². The van der Waals surface area contributed by atoms with Gasteiger partial charge in [0.15, 0.2) is 11.6 Å². The van der Waals surface area contributed by atoms with Crippen LogP contribution < -0.4 is 5.32 Å². The first-order chi connectivity index (χ1) is 11.1. The van der Waals surface area contributed by atoms with Gasteiger partial charge >= 0.3 is 0 Å². The third-order valence-electron chi connectivity index (χ3n) is 3.92. The van der Waals surface area contributed by atoms with Crippen LogP contribution in [0.4, 0.5) is 8.78 Å². The predicted octanol–water partition coefficient (Wildman–Crippen LogP) is 1.74. The average molecular weight is 321 g/mol. The topological polar surface area (TPSA) is 56.2 Å². The van der Waals surface area contributed by atoms with Crippen LogP contribution in [-0.2, 0) is 31.2 Å². The molecule has 0 bridgehead atoms. The van der Waals surface area contributed by atoms with E-state index in [0.717, 1.165) is 35.5 Å². The normalized spacial score (nSPS) is 13.7. The minimum absolute atomic E-state index is 0.0929. The Morgan fingerprint density at radius 2 is 2.22 bits per heavy atom. The molecule has 0 fully saturated rings. The van der Waals surface area contributed by atoms with E-state index in [2.05, 4.69) is 10.4 Å². The third kappa shape index (κ3) is 3.24. The maximum absolute atomic E-state index is 13.1. The van der Waals surface area contributed by atoms with Gasteiger partial charge in [-0.3, -0.25) is 9.48 Å². The molecular formula is C16H17F2N3O2. The molecule has 1 N–H and O–H groups in total. The number of aryl methyl sites for hydroxylation is 1. The number of halogens is 2. The van der Waals surface area contributed by atoms with Crippen LogP contribution in [0.15, 0.2) is 18.2 Å². The Morgan fingerprint density at radius 1 is 1.39 bits per heavy atom. The highest BCUT2D eigenvalue weighted by molar-refractivity contribution is 5.94. The highest BCUT2D eigenvalue weighted by Gasteiger charge is 2.19. The van der Waals surface area contributed by atoms with Crippen molar-refractivity contribution in [3.05, 3.63) is 52.3 Å². The fraction of sp³-hybridized carbons (Fsp3) is 0.375. The van der Waals surface area contributed by atoms with Crippen molar-refractivity contribution in [3.63, 3.8) is 0 Å². The van der Waals surface area contributed by atoms with Gasteiger partial charge in [0.1, 0.15) is 0 Å². The van der Waals surface area contributed by atoms with Gasteiger partial charge in [-0.2, -0.15) is 5.10 Å². The minimum atomic E-state index is -1.03. The molecule has 0 spiro atoms. The molecule has 1 aromatic carbocycles. The molecule has 2 heterocycles. The van der Waals surface area contributed by atoms with E-state index in [1.807, 2.05) is 11.7 Å². The maximum Gasteiger partial charge on any atom is 0.251 e. The van der Waals surface area contributed by atoms with E-state index < -0.39 is 17.5 Å². The minimum Gasteiger partial charge on any atom is -0.376 e. The number of rotatable bonds is 4. The van der Waals surface area contributed by atoms with Crippen LogP contribution in [0, 0.1) is 11.6 Å². The fourth-order valence-electron chi connectivity index (χ4n) is 2.72. The second-order valence-corrected chi connectivity index (χ2v) is 5.43. The van der Waals surface area contributed by atoms with E-state index in [0.29, 0.717) is 26.2 Å². The summed E-state index contributed by atoms with van der Waals surface area (Å²) in [5.41, 5.74) is 3.24. The summed E-state index contributed by atoms with van der Waals surface area (Å²) in [6, 6.07) is 3.09. The molecule has 1 aromatic heterocycles. The zero-order chi connectivity index (χ0) is 16.4. The van der Waals surface area contributed by atoms with E-state index in [9.17, 15) is 13.6 Å². The number of hydrogen-bond donors (Lipinski definition) is 1. The Labute approximate surface area is 132 Å². The van der Waals surface area contributed by atoms with Crippen molar-refractivity contribution in [1.29, 1.82) is 0 Å². The second kappa shape index (κ2) is 6.45. The molecule has 23 heavy (non-hydrogen) atoms. The molecule has 0 radical (unpaired) electrons. The summed E-state index contributed by atoms with van der Waals surface area (Å²) in [7, 11) is 1.90. The number of carbonyl (C=O) groups excluding carboxylic acids is 1. The van der Waals surface area contributed by atoms with E-state index in [1.165, 1.54) is 6.07 Å².